The van der Waals surface area contributed by atoms with Gasteiger partial charge in [-0.2, -0.15) is 0 Å². The number of carbonyl (C=O) groups excluding carboxylic acids is 1. The average molecular weight is 504 g/mol. The molecule has 2 heterocycles. The molecule has 0 aliphatic carbocycles. The van der Waals surface area contributed by atoms with Crippen LogP contribution in [0.1, 0.15) is 21.5 Å². The second kappa shape index (κ2) is 9.75. The second-order valence-corrected chi connectivity index (χ2v) is 8.74. The Balaban J connectivity index is 1.50. The quantitative estimate of drug-likeness (QED) is 0.388. The first-order valence-electron chi connectivity index (χ1n) is 11.2. The van der Waals surface area contributed by atoms with E-state index < -0.39 is 11.2 Å². The molecule has 0 saturated heterocycles. The number of allylic oxidation sites excluding steroid dienone is 1. The number of ether oxygens (including phenoxy) is 2. The molecular formula is C27H22ClN3O5. The lowest BCUT2D eigenvalue weighted by Crippen LogP contribution is -2.40. The zero-order chi connectivity index (χ0) is 25.2. The van der Waals surface area contributed by atoms with Gasteiger partial charge in [-0.3, -0.25) is 18.7 Å². The number of nitrogens with zero attached hydrogens (tertiary/aromatic N) is 2. The van der Waals surface area contributed by atoms with Gasteiger partial charge in [0.15, 0.2) is 11.5 Å². The van der Waals surface area contributed by atoms with Gasteiger partial charge in [0.25, 0.3) is 11.5 Å². The summed E-state index contributed by atoms with van der Waals surface area (Å²) < 4.78 is 13.3. The summed E-state index contributed by atoms with van der Waals surface area (Å²) in [5.41, 5.74) is 1.38. The summed E-state index contributed by atoms with van der Waals surface area (Å²) in [6.07, 6.45) is 1.50. The maximum atomic E-state index is 13.3. The molecular weight excluding hydrogens is 482 g/mol. The number of aromatic nitrogens is 2. The Morgan fingerprint density at radius 2 is 1.83 bits per heavy atom. The van der Waals surface area contributed by atoms with Crippen LogP contribution >= 0.6 is 11.6 Å². The van der Waals surface area contributed by atoms with Gasteiger partial charge in [-0.25, -0.2) is 4.79 Å². The number of halogens is 1. The van der Waals surface area contributed by atoms with Crippen LogP contribution < -0.4 is 26.0 Å². The fourth-order valence-corrected chi connectivity index (χ4v) is 4.37. The van der Waals surface area contributed by atoms with Crippen molar-refractivity contribution in [2.24, 2.45) is 0 Å². The highest BCUT2D eigenvalue weighted by Gasteiger charge is 2.17. The molecule has 1 N–H and O–H groups in total. The monoisotopic (exact) mass is 503 g/mol. The van der Waals surface area contributed by atoms with Crippen LogP contribution in [0.3, 0.4) is 0 Å². The van der Waals surface area contributed by atoms with E-state index in [9.17, 15) is 14.4 Å². The molecule has 1 aromatic heterocycles. The van der Waals surface area contributed by atoms with Gasteiger partial charge in [-0.15, -0.1) is 6.58 Å². The van der Waals surface area contributed by atoms with Crippen LogP contribution in [-0.2, 0) is 19.6 Å². The van der Waals surface area contributed by atoms with E-state index in [1.165, 1.54) is 10.6 Å². The summed E-state index contributed by atoms with van der Waals surface area (Å²) in [6.45, 7) is 4.34. The van der Waals surface area contributed by atoms with Gasteiger partial charge in [0.1, 0.15) is 0 Å². The molecule has 182 valence electrons. The van der Waals surface area contributed by atoms with Crippen molar-refractivity contribution >= 4 is 28.4 Å². The maximum absolute atomic E-state index is 13.3. The lowest BCUT2D eigenvalue weighted by Gasteiger charge is -2.15. The van der Waals surface area contributed by atoms with Gasteiger partial charge in [0, 0.05) is 23.7 Å². The summed E-state index contributed by atoms with van der Waals surface area (Å²) in [7, 11) is 0. The number of hydrogen-bond acceptors (Lipinski definition) is 5. The molecule has 5 rings (SSSR count). The molecule has 1 amide bonds. The topological polar surface area (TPSA) is 91.6 Å². The molecule has 0 saturated carbocycles. The second-order valence-electron chi connectivity index (χ2n) is 8.31. The Kier molecular flexibility index (Phi) is 6.35. The van der Waals surface area contributed by atoms with Gasteiger partial charge < -0.3 is 14.8 Å². The largest absolute Gasteiger partial charge is 0.454 e. The molecule has 0 fully saturated rings. The molecule has 1 aliphatic rings. The summed E-state index contributed by atoms with van der Waals surface area (Å²) in [5.74, 6) is 0.958. The van der Waals surface area contributed by atoms with Gasteiger partial charge >= 0.3 is 5.69 Å². The molecule has 0 atom stereocenters. The predicted molar refractivity (Wildman–Crippen MR) is 137 cm³/mol. The third-order valence-electron chi connectivity index (χ3n) is 5.92. The Bertz CT molecular complexity index is 1620. The van der Waals surface area contributed by atoms with E-state index in [2.05, 4.69) is 11.9 Å². The van der Waals surface area contributed by atoms with Crippen molar-refractivity contribution in [1.82, 2.24) is 14.5 Å². The van der Waals surface area contributed by atoms with E-state index in [1.54, 1.807) is 42.5 Å². The third-order valence-corrected chi connectivity index (χ3v) is 6.15. The van der Waals surface area contributed by atoms with Crippen molar-refractivity contribution in [1.29, 1.82) is 0 Å². The van der Waals surface area contributed by atoms with E-state index >= 15 is 0 Å². The van der Waals surface area contributed by atoms with Crippen molar-refractivity contribution in [3.63, 3.8) is 0 Å². The molecule has 0 unspecified atom stereocenters. The molecule has 9 heteroatoms. The van der Waals surface area contributed by atoms with Crippen molar-refractivity contribution in [3.05, 3.63) is 116 Å². The molecule has 3 aromatic carbocycles. The minimum Gasteiger partial charge on any atom is -0.454 e. The molecule has 8 nitrogen and oxygen atoms in total. The maximum Gasteiger partial charge on any atom is 0.332 e. The lowest BCUT2D eigenvalue weighted by molar-refractivity contribution is 0.0951. The Morgan fingerprint density at radius 3 is 2.64 bits per heavy atom. The normalized spacial score (nSPS) is 12.0. The van der Waals surface area contributed by atoms with E-state index in [1.807, 2.05) is 18.2 Å². The number of hydrogen-bond donors (Lipinski definition) is 1. The molecule has 4 aromatic rings. The number of benzene rings is 3. The Labute approximate surface area is 211 Å². The van der Waals surface area contributed by atoms with Gasteiger partial charge in [0.05, 0.1) is 17.4 Å². The van der Waals surface area contributed by atoms with Crippen LogP contribution in [0.5, 0.6) is 11.5 Å². The molecule has 0 bridgehead atoms. The zero-order valence-corrected chi connectivity index (χ0v) is 20.0. The zero-order valence-electron chi connectivity index (χ0n) is 19.2. The molecule has 0 spiro atoms. The Morgan fingerprint density at radius 1 is 1.00 bits per heavy atom. The van der Waals surface area contributed by atoms with Crippen molar-refractivity contribution in [3.8, 4) is 11.5 Å². The minimum absolute atomic E-state index is 0.0704. The highest BCUT2D eigenvalue weighted by atomic mass is 35.5. The summed E-state index contributed by atoms with van der Waals surface area (Å²) >= 11 is 6.13. The standard InChI is InChI=1S/C27H22ClN3O5/c1-2-10-30-26(33)21-8-7-19(25(32)29-14-17-6-9-23-24(12-17)36-16-35-23)13-22(21)31(27(30)34)15-18-4-3-5-20(28)11-18/h2-9,11-13H,1,10,14-16H2,(H,29,32). The van der Waals surface area contributed by atoms with Gasteiger partial charge in [-0.05, 0) is 53.6 Å². The average Bonchev–Trinajstić information content (AvgIpc) is 3.35. The highest BCUT2D eigenvalue weighted by Crippen LogP contribution is 2.32. The van der Waals surface area contributed by atoms with Crippen LogP contribution in [0, 0.1) is 0 Å². The number of fused-ring (bicyclic) bond motifs is 2. The van der Waals surface area contributed by atoms with Crippen LogP contribution in [0.2, 0.25) is 5.02 Å². The fourth-order valence-electron chi connectivity index (χ4n) is 4.15. The Hall–Kier alpha value is -4.30. The first-order valence-corrected chi connectivity index (χ1v) is 11.6. The molecule has 36 heavy (non-hydrogen) atoms. The van der Waals surface area contributed by atoms with Crippen molar-refractivity contribution in [2.75, 3.05) is 6.79 Å². The number of carbonyl (C=O) groups is 1. The van der Waals surface area contributed by atoms with Crippen LogP contribution in [0.4, 0.5) is 0 Å². The fraction of sp³-hybridized carbons (Fsp3) is 0.148. The number of nitrogens with one attached hydrogen (secondary N) is 1. The van der Waals surface area contributed by atoms with Gasteiger partial charge in [0.2, 0.25) is 6.79 Å². The minimum atomic E-state index is -0.495. The van der Waals surface area contributed by atoms with E-state index in [-0.39, 0.29) is 32.3 Å². The van der Waals surface area contributed by atoms with Gasteiger partial charge in [-0.1, -0.05) is 35.9 Å². The highest BCUT2D eigenvalue weighted by molar-refractivity contribution is 6.30. The van der Waals surface area contributed by atoms with Crippen molar-refractivity contribution in [2.45, 2.75) is 19.6 Å². The SMILES string of the molecule is C=CCn1c(=O)c2ccc(C(=O)NCc3ccc4c(c3)OCO4)cc2n(Cc2cccc(Cl)c2)c1=O. The smallest absolute Gasteiger partial charge is 0.332 e. The number of rotatable bonds is 7. The summed E-state index contributed by atoms with van der Waals surface area (Å²) in [5, 5.41) is 3.73. The van der Waals surface area contributed by atoms with Crippen LogP contribution in [0.25, 0.3) is 10.9 Å². The molecule has 1 aliphatic heterocycles. The van der Waals surface area contributed by atoms with Crippen molar-refractivity contribution < 1.29 is 14.3 Å². The lowest BCUT2D eigenvalue weighted by atomic mass is 10.1. The summed E-state index contributed by atoms with van der Waals surface area (Å²) in [4.78, 5) is 39.3. The summed E-state index contributed by atoms with van der Waals surface area (Å²) in [6, 6.07) is 17.3. The molecule has 0 radical (unpaired) electrons. The van der Waals surface area contributed by atoms with Crippen LogP contribution in [0.15, 0.2) is 82.9 Å². The first-order chi connectivity index (χ1) is 17.4. The number of amides is 1. The van der Waals surface area contributed by atoms with E-state index in [0.717, 1.165) is 15.7 Å². The first kappa shape index (κ1) is 23.4. The predicted octanol–water partition coefficient (Wildman–Crippen LogP) is 3.71. The third kappa shape index (κ3) is 4.50. The van der Waals surface area contributed by atoms with E-state index in [4.69, 9.17) is 21.1 Å². The van der Waals surface area contributed by atoms with Crippen LogP contribution in [-0.4, -0.2) is 21.8 Å². The van der Waals surface area contributed by atoms with E-state index in [0.29, 0.717) is 33.0 Å².